The molecule has 0 spiro atoms. The Kier molecular flexibility index (Phi) is 5.96. The Morgan fingerprint density at radius 3 is 2.64 bits per heavy atom. The van der Waals surface area contributed by atoms with E-state index in [9.17, 15) is 14.3 Å². The third-order valence-electron chi connectivity index (χ3n) is 6.10. The van der Waals surface area contributed by atoms with Gasteiger partial charge < -0.3 is 19.9 Å². The van der Waals surface area contributed by atoms with Gasteiger partial charge in [0.25, 0.3) is 5.91 Å². The van der Waals surface area contributed by atoms with Crippen LogP contribution in [0.25, 0.3) is 11.1 Å². The van der Waals surface area contributed by atoms with Crippen molar-refractivity contribution in [2.75, 3.05) is 19.8 Å². The van der Waals surface area contributed by atoms with Crippen LogP contribution in [0, 0.1) is 5.82 Å². The molecular formula is C26H25FN2O4. The number of amides is 1. The first-order valence-electron chi connectivity index (χ1n) is 11.2. The Labute approximate surface area is 191 Å². The summed E-state index contributed by atoms with van der Waals surface area (Å²) in [6.07, 6.45) is 2.66. The second-order valence-electron chi connectivity index (χ2n) is 8.44. The van der Waals surface area contributed by atoms with E-state index in [1.54, 1.807) is 24.3 Å². The standard InChI is InChI=1S/C26H25FN2O4/c27-22-14-16(1-6-21(22)17-2-4-20(30)5-3-17)13-18-15-24(29-23-9-12-33-25(18)23)26(31)28-19-7-10-32-11-8-19/h1-6,14-15,19,30H,7-13H2,(H,28,31). The number of fused-ring (bicyclic) bond motifs is 1. The number of aromatic hydroxyl groups is 1. The minimum atomic E-state index is -0.345. The van der Waals surface area contributed by atoms with Gasteiger partial charge in [0.05, 0.1) is 12.3 Å². The van der Waals surface area contributed by atoms with Crippen molar-refractivity contribution < 1.29 is 23.8 Å². The first-order chi connectivity index (χ1) is 16.1. The molecule has 7 heteroatoms. The summed E-state index contributed by atoms with van der Waals surface area (Å²) in [5.41, 5.74) is 3.89. The highest BCUT2D eigenvalue weighted by Gasteiger charge is 2.24. The van der Waals surface area contributed by atoms with E-state index in [1.807, 2.05) is 6.07 Å². The fourth-order valence-corrected chi connectivity index (χ4v) is 4.35. The molecule has 1 saturated heterocycles. The van der Waals surface area contributed by atoms with Crippen molar-refractivity contribution in [1.82, 2.24) is 10.3 Å². The van der Waals surface area contributed by atoms with Gasteiger partial charge in [0.1, 0.15) is 23.0 Å². The molecule has 3 aromatic rings. The lowest BCUT2D eigenvalue weighted by molar-refractivity contribution is 0.0694. The molecule has 2 N–H and O–H groups in total. The van der Waals surface area contributed by atoms with Gasteiger partial charge in [0.15, 0.2) is 0 Å². The van der Waals surface area contributed by atoms with Crippen LogP contribution in [0.5, 0.6) is 11.5 Å². The first-order valence-corrected chi connectivity index (χ1v) is 11.2. The Hall–Kier alpha value is -3.45. The van der Waals surface area contributed by atoms with Crippen LogP contribution in [0.1, 0.15) is 40.2 Å². The Bertz CT molecular complexity index is 1170. The summed E-state index contributed by atoms with van der Waals surface area (Å²) in [4.78, 5) is 17.4. The monoisotopic (exact) mass is 448 g/mol. The van der Waals surface area contributed by atoms with Crippen molar-refractivity contribution in [2.24, 2.45) is 0 Å². The summed E-state index contributed by atoms with van der Waals surface area (Å²) >= 11 is 0. The van der Waals surface area contributed by atoms with E-state index in [0.29, 0.717) is 55.2 Å². The van der Waals surface area contributed by atoms with E-state index < -0.39 is 0 Å². The number of carbonyl (C=O) groups excluding carboxylic acids is 1. The van der Waals surface area contributed by atoms with Crippen LogP contribution in [0.4, 0.5) is 4.39 Å². The van der Waals surface area contributed by atoms with Gasteiger partial charge in [-0.05, 0) is 48.2 Å². The number of nitrogens with zero attached hydrogens (tertiary/aromatic N) is 1. The normalized spacial score (nSPS) is 15.7. The van der Waals surface area contributed by atoms with Gasteiger partial charge in [-0.3, -0.25) is 4.79 Å². The number of halogens is 1. The van der Waals surface area contributed by atoms with Crippen molar-refractivity contribution in [3.63, 3.8) is 0 Å². The molecule has 0 atom stereocenters. The quantitative estimate of drug-likeness (QED) is 0.616. The van der Waals surface area contributed by atoms with Crippen molar-refractivity contribution in [3.8, 4) is 22.6 Å². The highest BCUT2D eigenvalue weighted by atomic mass is 19.1. The van der Waals surface area contributed by atoms with E-state index in [4.69, 9.17) is 9.47 Å². The van der Waals surface area contributed by atoms with Gasteiger partial charge in [0, 0.05) is 43.2 Å². The fraction of sp³-hybridized carbons (Fsp3) is 0.308. The molecule has 6 nitrogen and oxygen atoms in total. The van der Waals surface area contributed by atoms with Crippen LogP contribution in [-0.4, -0.2) is 41.9 Å². The number of nitrogens with one attached hydrogen (secondary N) is 1. The SMILES string of the molecule is O=C(NC1CCOCC1)c1cc(Cc2ccc(-c3ccc(O)cc3)c(F)c2)c2c(n1)CCO2. The lowest BCUT2D eigenvalue weighted by Gasteiger charge is -2.23. The summed E-state index contributed by atoms with van der Waals surface area (Å²) < 4.78 is 26.1. The third-order valence-corrected chi connectivity index (χ3v) is 6.10. The third kappa shape index (κ3) is 4.68. The van der Waals surface area contributed by atoms with Crippen molar-refractivity contribution in [2.45, 2.75) is 31.7 Å². The zero-order valence-electron chi connectivity index (χ0n) is 18.1. The molecular weight excluding hydrogens is 423 g/mol. The van der Waals surface area contributed by atoms with Crippen molar-refractivity contribution in [1.29, 1.82) is 0 Å². The molecule has 0 bridgehead atoms. The number of carbonyl (C=O) groups is 1. The number of pyridine rings is 1. The fourth-order valence-electron chi connectivity index (χ4n) is 4.35. The van der Waals surface area contributed by atoms with Crippen LogP contribution in [0.2, 0.25) is 0 Å². The molecule has 1 amide bonds. The summed E-state index contributed by atoms with van der Waals surface area (Å²) in [5, 5.41) is 12.5. The molecule has 2 aliphatic heterocycles. The van der Waals surface area contributed by atoms with Crippen molar-refractivity contribution in [3.05, 3.63) is 76.9 Å². The number of rotatable bonds is 5. The molecule has 0 saturated carbocycles. The zero-order valence-corrected chi connectivity index (χ0v) is 18.1. The summed E-state index contributed by atoms with van der Waals surface area (Å²) in [5.74, 6) is 0.286. The van der Waals surface area contributed by atoms with E-state index in [-0.39, 0.29) is 23.5 Å². The summed E-state index contributed by atoms with van der Waals surface area (Å²) in [6, 6.07) is 13.4. The maximum absolute atomic E-state index is 14.9. The topological polar surface area (TPSA) is 80.7 Å². The minimum absolute atomic E-state index is 0.0857. The van der Waals surface area contributed by atoms with Crippen LogP contribution < -0.4 is 10.1 Å². The van der Waals surface area contributed by atoms with Gasteiger partial charge in [-0.2, -0.15) is 0 Å². The summed E-state index contributed by atoms with van der Waals surface area (Å²) in [7, 11) is 0. The lowest BCUT2D eigenvalue weighted by atomic mass is 9.98. The van der Waals surface area contributed by atoms with Gasteiger partial charge in [-0.15, -0.1) is 0 Å². The van der Waals surface area contributed by atoms with Gasteiger partial charge in [0.2, 0.25) is 0 Å². The molecule has 1 aromatic heterocycles. The molecule has 0 aliphatic carbocycles. The molecule has 0 unspecified atom stereocenters. The predicted molar refractivity (Wildman–Crippen MR) is 121 cm³/mol. The second-order valence-corrected chi connectivity index (χ2v) is 8.44. The zero-order chi connectivity index (χ0) is 22.8. The van der Waals surface area contributed by atoms with Crippen LogP contribution >= 0.6 is 0 Å². The second kappa shape index (κ2) is 9.19. The number of aromatic nitrogens is 1. The Balaban J connectivity index is 1.39. The molecule has 170 valence electrons. The van der Waals surface area contributed by atoms with Gasteiger partial charge in [-0.1, -0.05) is 24.3 Å². The van der Waals surface area contributed by atoms with Crippen LogP contribution in [0.3, 0.4) is 0 Å². The molecule has 1 fully saturated rings. The number of phenolic OH excluding ortho intramolecular Hbond substituents is 1. The van der Waals surface area contributed by atoms with E-state index in [2.05, 4.69) is 10.3 Å². The van der Waals surface area contributed by atoms with Crippen LogP contribution in [-0.2, 0) is 17.6 Å². The smallest absolute Gasteiger partial charge is 0.270 e. The van der Waals surface area contributed by atoms with Crippen LogP contribution in [0.15, 0.2) is 48.5 Å². The first kappa shape index (κ1) is 21.4. The predicted octanol–water partition coefficient (Wildman–Crippen LogP) is 4.03. The number of ether oxygens (including phenoxy) is 2. The number of hydrogen-bond donors (Lipinski definition) is 2. The largest absolute Gasteiger partial charge is 0.508 e. The van der Waals surface area contributed by atoms with E-state index >= 15 is 0 Å². The maximum atomic E-state index is 14.9. The van der Waals surface area contributed by atoms with Gasteiger partial charge >= 0.3 is 0 Å². The van der Waals surface area contributed by atoms with Crippen molar-refractivity contribution >= 4 is 5.91 Å². The Morgan fingerprint density at radius 1 is 1.09 bits per heavy atom. The van der Waals surface area contributed by atoms with E-state index in [1.165, 1.54) is 18.2 Å². The average Bonchev–Trinajstić information content (AvgIpc) is 3.30. The maximum Gasteiger partial charge on any atom is 0.270 e. The number of hydrogen-bond acceptors (Lipinski definition) is 5. The Morgan fingerprint density at radius 2 is 1.88 bits per heavy atom. The molecule has 0 radical (unpaired) electrons. The van der Waals surface area contributed by atoms with E-state index in [0.717, 1.165) is 29.7 Å². The molecule has 3 heterocycles. The highest BCUT2D eigenvalue weighted by molar-refractivity contribution is 5.93. The number of benzene rings is 2. The minimum Gasteiger partial charge on any atom is -0.508 e. The summed E-state index contributed by atoms with van der Waals surface area (Å²) in [6.45, 7) is 1.81. The lowest BCUT2D eigenvalue weighted by Crippen LogP contribution is -2.39. The highest BCUT2D eigenvalue weighted by Crippen LogP contribution is 2.32. The number of phenols is 1. The molecule has 5 rings (SSSR count). The molecule has 2 aromatic carbocycles. The average molecular weight is 448 g/mol. The molecule has 2 aliphatic rings. The molecule has 33 heavy (non-hydrogen) atoms. The van der Waals surface area contributed by atoms with Gasteiger partial charge in [-0.25, -0.2) is 9.37 Å².